The first-order valence-corrected chi connectivity index (χ1v) is 18.0. The fraction of sp³-hybridized carbons (Fsp3) is 0.316. The van der Waals surface area contributed by atoms with Gasteiger partial charge in [-0.1, -0.05) is 48.5 Å². The topological polar surface area (TPSA) is 99.0 Å². The number of aromatic nitrogens is 2. The van der Waals surface area contributed by atoms with Crippen molar-refractivity contribution in [1.82, 2.24) is 18.8 Å². The van der Waals surface area contributed by atoms with Crippen LogP contribution in [-0.2, 0) is 15.8 Å². The highest BCUT2D eigenvalue weighted by Crippen LogP contribution is 2.36. The molecule has 10 heteroatoms. The van der Waals surface area contributed by atoms with Crippen molar-refractivity contribution in [1.29, 1.82) is 0 Å². The second-order valence-corrected chi connectivity index (χ2v) is 15.4. The van der Waals surface area contributed by atoms with Crippen molar-refractivity contribution in [3.05, 3.63) is 108 Å². The third-order valence-corrected chi connectivity index (χ3v) is 11.2. The van der Waals surface area contributed by atoms with E-state index in [1.807, 2.05) is 36.4 Å². The van der Waals surface area contributed by atoms with E-state index in [4.69, 9.17) is 4.98 Å². The molecule has 4 heterocycles. The van der Waals surface area contributed by atoms with Crippen LogP contribution in [0.5, 0.6) is 0 Å². The van der Waals surface area contributed by atoms with Gasteiger partial charge in [-0.25, -0.2) is 17.4 Å². The number of hydrogen-bond acceptors (Lipinski definition) is 7. The Morgan fingerprint density at radius 3 is 2.27 bits per heavy atom. The van der Waals surface area contributed by atoms with Crippen LogP contribution in [0, 0.1) is 6.92 Å². The molecule has 2 fully saturated rings. The maximum atomic E-state index is 13.9. The van der Waals surface area contributed by atoms with E-state index in [1.165, 1.54) is 15.2 Å². The SMILES string of the molecule is Cc1cc(-c2cnc3c(c2)c(-c2ccc(C(=O)N4CCC(C)(O)C4)cc2)cn3S(=O)(=O)Cc2ccccc2)ccc1N1CCN(C)CC1. The zero-order chi connectivity index (χ0) is 33.6. The van der Waals surface area contributed by atoms with Crippen molar-refractivity contribution in [3.63, 3.8) is 0 Å². The fourth-order valence-electron chi connectivity index (χ4n) is 6.86. The van der Waals surface area contributed by atoms with Crippen LogP contribution in [0.25, 0.3) is 33.3 Å². The van der Waals surface area contributed by atoms with Crippen LogP contribution < -0.4 is 4.90 Å². The molecule has 0 aliphatic carbocycles. The number of likely N-dealkylation sites (tertiary alicyclic amines) is 1. The molecule has 0 bridgehead atoms. The zero-order valence-electron chi connectivity index (χ0n) is 27.6. The van der Waals surface area contributed by atoms with Gasteiger partial charge in [0.1, 0.15) is 0 Å². The number of rotatable bonds is 7. The Kier molecular flexibility index (Phi) is 8.35. The molecule has 7 rings (SSSR count). The van der Waals surface area contributed by atoms with Crippen LogP contribution in [0.3, 0.4) is 0 Å². The standard InChI is InChI=1S/C38H41N5O4S/c1-27-21-31(13-14-35(27)41-19-17-40(3)18-20-41)32-22-33-34(29-9-11-30(12-10-29)37(44)42-16-15-38(2,45)26-42)24-43(36(33)39-23-32)48(46,47)25-28-7-5-4-6-8-28/h4-14,21-24,45H,15-20,25-26H2,1-3H3. The second kappa shape index (κ2) is 12.5. The number of β-amino-alcohol motifs (C(OH)–C–C–N with tert-alkyl or cyclic N) is 1. The number of aryl methyl sites for hydroxylation is 1. The van der Waals surface area contributed by atoms with Gasteiger partial charge in [0, 0.05) is 79.4 Å². The lowest BCUT2D eigenvalue weighted by Crippen LogP contribution is -2.44. The van der Waals surface area contributed by atoms with Crippen molar-refractivity contribution in [2.75, 3.05) is 51.2 Å². The molecule has 0 radical (unpaired) electrons. The largest absolute Gasteiger partial charge is 0.388 e. The predicted molar refractivity (Wildman–Crippen MR) is 191 cm³/mol. The number of anilines is 1. The highest BCUT2D eigenvalue weighted by Gasteiger charge is 2.34. The lowest BCUT2D eigenvalue weighted by atomic mass is 9.99. The normalized spacial score (nSPS) is 18.9. The number of hydrogen-bond donors (Lipinski definition) is 1. The van der Waals surface area contributed by atoms with Crippen LogP contribution in [0.15, 0.2) is 91.3 Å². The molecule has 0 saturated carbocycles. The summed E-state index contributed by atoms with van der Waals surface area (Å²) in [5.74, 6) is -0.299. The Bertz CT molecular complexity index is 2080. The number of piperazine rings is 1. The van der Waals surface area contributed by atoms with Gasteiger partial charge in [-0.2, -0.15) is 0 Å². The first kappa shape index (κ1) is 32.1. The fourth-order valence-corrected chi connectivity index (χ4v) is 8.29. The summed E-state index contributed by atoms with van der Waals surface area (Å²) in [6.07, 6.45) is 3.94. The molecule has 2 aromatic heterocycles. The number of carbonyl (C=O) groups is 1. The Balaban J connectivity index is 1.27. The molecular formula is C38H41N5O4S. The molecular weight excluding hydrogens is 623 g/mol. The smallest absolute Gasteiger partial charge is 0.253 e. The third-order valence-electron chi connectivity index (χ3n) is 9.66. The van der Waals surface area contributed by atoms with Crippen molar-refractivity contribution in [2.45, 2.75) is 31.6 Å². The molecule has 248 valence electrons. The molecule has 5 aromatic rings. The van der Waals surface area contributed by atoms with Crippen LogP contribution in [0.2, 0.25) is 0 Å². The monoisotopic (exact) mass is 663 g/mol. The molecule has 1 amide bonds. The van der Waals surface area contributed by atoms with Gasteiger partial charge in [-0.15, -0.1) is 0 Å². The average molecular weight is 664 g/mol. The molecule has 2 saturated heterocycles. The first-order chi connectivity index (χ1) is 23.0. The van der Waals surface area contributed by atoms with E-state index >= 15 is 0 Å². The molecule has 9 nitrogen and oxygen atoms in total. The van der Waals surface area contributed by atoms with Gasteiger partial charge in [-0.3, -0.25) is 4.79 Å². The lowest BCUT2D eigenvalue weighted by Gasteiger charge is -2.35. The molecule has 1 N–H and O–H groups in total. The molecule has 0 spiro atoms. The van der Waals surface area contributed by atoms with E-state index in [0.717, 1.165) is 42.9 Å². The van der Waals surface area contributed by atoms with Crippen molar-refractivity contribution in [2.24, 2.45) is 0 Å². The van der Waals surface area contributed by atoms with Gasteiger partial charge in [-0.05, 0) is 79.9 Å². The third kappa shape index (κ3) is 6.35. The van der Waals surface area contributed by atoms with Gasteiger partial charge in [0.25, 0.3) is 5.91 Å². The van der Waals surface area contributed by atoms with Gasteiger partial charge >= 0.3 is 0 Å². The molecule has 3 aromatic carbocycles. The Morgan fingerprint density at radius 1 is 0.896 bits per heavy atom. The maximum Gasteiger partial charge on any atom is 0.253 e. The summed E-state index contributed by atoms with van der Waals surface area (Å²) in [5.41, 5.74) is 6.49. The van der Waals surface area contributed by atoms with Crippen LogP contribution in [0.1, 0.15) is 34.8 Å². The Hall–Kier alpha value is -4.51. The minimum atomic E-state index is -3.82. The number of nitrogens with zero attached hydrogens (tertiary/aromatic N) is 5. The van der Waals surface area contributed by atoms with Crippen molar-refractivity contribution < 1.29 is 18.3 Å². The first-order valence-electron chi connectivity index (χ1n) is 16.4. The van der Waals surface area contributed by atoms with E-state index in [1.54, 1.807) is 48.5 Å². The second-order valence-electron chi connectivity index (χ2n) is 13.5. The summed E-state index contributed by atoms with van der Waals surface area (Å²) < 4.78 is 29.0. The maximum absolute atomic E-state index is 13.9. The van der Waals surface area contributed by atoms with Gasteiger partial charge in [0.05, 0.1) is 11.4 Å². The molecule has 48 heavy (non-hydrogen) atoms. The Morgan fingerprint density at radius 2 is 1.60 bits per heavy atom. The molecule has 1 unspecified atom stereocenters. The van der Waals surface area contributed by atoms with Gasteiger partial charge in [0.2, 0.25) is 10.0 Å². The van der Waals surface area contributed by atoms with E-state index in [-0.39, 0.29) is 11.7 Å². The summed E-state index contributed by atoms with van der Waals surface area (Å²) in [6.45, 7) is 8.72. The van der Waals surface area contributed by atoms with E-state index in [2.05, 4.69) is 42.0 Å². The van der Waals surface area contributed by atoms with Gasteiger partial charge < -0.3 is 19.8 Å². The summed E-state index contributed by atoms with van der Waals surface area (Å²) in [5, 5.41) is 11.1. The summed E-state index contributed by atoms with van der Waals surface area (Å²) in [4.78, 5) is 24.4. The average Bonchev–Trinajstić information content (AvgIpc) is 3.65. The number of fused-ring (bicyclic) bond motifs is 1. The highest BCUT2D eigenvalue weighted by atomic mass is 32.2. The van der Waals surface area contributed by atoms with Gasteiger partial charge in [0.15, 0.2) is 5.65 Å². The minimum Gasteiger partial charge on any atom is -0.388 e. The number of pyridine rings is 1. The lowest BCUT2D eigenvalue weighted by molar-refractivity contribution is 0.0572. The van der Waals surface area contributed by atoms with E-state index in [9.17, 15) is 18.3 Å². The summed E-state index contributed by atoms with van der Waals surface area (Å²) in [7, 11) is -1.66. The predicted octanol–water partition coefficient (Wildman–Crippen LogP) is 5.41. The molecule has 1 atom stereocenters. The van der Waals surface area contributed by atoms with Crippen LogP contribution in [0.4, 0.5) is 5.69 Å². The number of amides is 1. The van der Waals surface area contributed by atoms with Crippen molar-refractivity contribution in [3.8, 4) is 22.3 Å². The van der Waals surface area contributed by atoms with E-state index < -0.39 is 15.6 Å². The molecule has 2 aliphatic heterocycles. The zero-order valence-corrected chi connectivity index (χ0v) is 28.4. The highest BCUT2D eigenvalue weighted by molar-refractivity contribution is 7.89. The van der Waals surface area contributed by atoms with Crippen LogP contribution >= 0.6 is 0 Å². The summed E-state index contributed by atoms with van der Waals surface area (Å²) >= 11 is 0. The summed E-state index contributed by atoms with van der Waals surface area (Å²) in [6, 6.07) is 24.9. The quantitative estimate of drug-likeness (QED) is 0.249. The van der Waals surface area contributed by atoms with E-state index in [0.29, 0.717) is 47.2 Å². The number of benzene rings is 3. The van der Waals surface area contributed by atoms with Crippen molar-refractivity contribution >= 4 is 32.7 Å². The number of likely N-dealkylation sites (N-methyl/N-ethyl adjacent to an activating group) is 1. The minimum absolute atomic E-state index is 0.133. The number of carbonyl (C=O) groups excluding carboxylic acids is 1. The van der Waals surface area contributed by atoms with Crippen LogP contribution in [-0.4, -0.2) is 90.1 Å². The molecule has 2 aliphatic rings. The number of aliphatic hydroxyl groups is 1. The Labute approximate surface area is 282 Å².